The van der Waals surface area contributed by atoms with Crippen LogP contribution in [0.3, 0.4) is 0 Å². The van der Waals surface area contributed by atoms with E-state index in [0.717, 1.165) is 19.3 Å². The summed E-state index contributed by atoms with van der Waals surface area (Å²) in [4.78, 5) is 33.5. The standard InChI is InChI=1S/C12H18N2O5/c15-10(16)4-3-9(12(18)19)14-11(17)7-5-6-1-2-8(7)13-6/h6-9,13H,1-5H2,(H,14,17)(H,15,16)(H,18,19)/t6?,7?,8?,9-/m0/s1. The Morgan fingerprint density at radius 1 is 1.26 bits per heavy atom. The van der Waals surface area contributed by atoms with Crippen LogP contribution in [0, 0.1) is 5.92 Å². The molecule has 2 aliphatic rings. The molecule has 7 nitrogen and oxygen atoms in total. The molecule has 0 aliphatic carbocycles. The lowest BCUT2D eigenvalue weighted by Gasteiger charge is -2.22. The van der Waals surface area contributed by atoms with Crippen molar-refractivity contribution in [1.29, 1.82) is 0 Å². The summed E-state index contributed by atoms with van der Waals surface area (Å²) in [5.74, 6) is -2.73. The first-order valence-electron chi connectivity index (χ1n) is 6.48. The average molecular weight is 270 g/mol. The molecular formula is C12H18N2O5. The first-order chi connectivity index (χ1) is 8.97. The van der Waals surface area contributed by atoms with Crippen molar-refractivity contribution in [2.45, 2.75) is 50.2 Å². The van der Waals surface area contributed by atoms with Gasteiger partial charge in [0.25, 0.3) is 0 Å². The highest BCUT2D eigenvalue weighted by Gasteiger charge is 2.43. The number of carboxylic acids is 2. The first kappa shape index (κ1) is 13.8. The van der Waals surface area contributed by atoms with E-state index in [1.807, 2.05) is 0 Å². The van der Waals surface area contributed by atoms with E-state index >= 15 is 0 Å². The highest BCUT2D eigenvalue weighted by Crippen LogP contribution is 2.33. The van der Waals surface area contributed by atoms with Crippen LogP contribution in [0.25, 0.3) is 0 Å². The van der Waals surface area contributed by atoms with Crippen LogP contribution in [0.4, 0.5) is 0 Å². The lowest BCUT2D eigenvalue weighted by molar-refractivity contribution is -0.143. The number of carbonyl (C=O) groups is 3. The van der Waals surface area contributed by atoms with Crippen molar-refractivity contribution >= 4 is 17.8 Å². The summed E-state index contributed by atoms with van der Waals surface area (Å²) < 4.78 is 0. The number of hydrogen-bond acceptors (Lipinski definition) is 4. The number of carboxylic acid groups (broad SMARTS) is 2. The topological polar surface area (TPSA) is 116 Å². The largest absolute Gasteiger partial charge is 0.481 e. The van der Waals surface area contributed by atoms with Gasteiger partial charge in [-0.05, 0) is 25.7 Å². The van der Waals surface area contributed by atoms with Gasteiger partial charge in [-0.2, -0.15) is 0 Å². The molecule has 7 heteroatoms. The lowest BCUT2D eigenvalue weighted by Crippen LogP contribution is -2.46. The van der Waals surface area contributed by atoms with Gasteiger partial charge in [0.1, 0.15) is 6.04 Å². The molecule has 2 saturated heterocycles. The number of fused-ring (bicyclic) bond motifs is 2. The molecule has 106 valence electrons. The van der Waals surface area contributed by atoms with Gasteiger partial charge in [-0.15, -0.1) is 0 Å². The third-order valence-electron chi connectivity index (χ3n) is 3.90. The van der Waals surface area contributed by atoms with Gasteiger partial charge in [-0.1, -0.05) is 0 Å². The predicted molar refractivity (Wildman–Crippen MR) is 64.5 cm³/mol. The molecule has 0 radical (unpaired) electrons. The van der Waals surface area contributed by atoms with Crippen molar-refractivity contribution in [1.82, 2.24) is 10.6 Å². The Bertz CT molecular complexity index is 398. The van der Waals surface area contributed by atoms with Crippen LogP contribution in [-0.4, -0.2) is 46.2 Å². The molecule has 2 rings (SSSR count). The van der Waals surface area contributed by atoms with Crippen molar-refractivity contribution in [3.05, 3.63) is 0 Å². The SMILES string of the molecule is O=C(O)CC[C@H](NC(=O)C1CC2CCC1N2)C(=O)O. The summed E-state index contributed by atoms with van der Waals surface area (Å²) in [5, 5.41) is 23.3. The van der Waals surface area contributed by atoms with Gasteiger partial charge in [0, 0.05) is 18.5 Å². The summed E-state index contributed by atoms with van der Waals surface area (Å²) >= 11 is 0. The van der Waals surface area contributed by atoms with Crippen molar-refractivity contribution < 1.29 is 24.6 Å². The van der Waals surface area contributed by atoms with Crippen LogP contribution in [0.15, 0.2) is 0 Å². The van der Waals surface area contributed by atoms with Crippen molar-refractivity contribution in [3.63, 3.8) is 0 Å². The molecule has 2 aliphatic heterocycles. The molecule has 3 unspecified atom stereocenters. The molecule has 0 aromatic heterocycles. The Kier molecular flexibility index (Phi) is 4.04. The minimum atomic E-state index is -1.19. The van der Waals surface area contributed by atoms with Crippen LogP contribution in [0.2, 0.25) is 0 Å². The normalized spacial score (nSPS) is 30.0. The zero-order chi connectivity index (χ0) is 14.0. The third-order valence-corrected chi connectivity index (χ3v) is 3.90. The second-order valence-electron chi connectivity index (χ2n) is 5.22. The Morgan fingerprint density at radius 2 is 2.00 bits per heavy atom. The maximum atomic E-state index is 12.0. The van der Waals surface area contributed by atoms with Gasteiger partial charge in [0.15, 0.2) is 0 Å². The predicted octanol–water partition coefficient (Wildman–Crippen LogP) is -0.439. The molecule has 4 atom stereocenters. The van der Waals surface area contributed by atoms with E-state index in [0.29, 0.717) is 6.04 Å². The molecule has 1 amide bonds. The molecule has 4 N–H and O–H groups in total. The first-order valence-corrected chi connectivity index (χ1v) is 6.48. The molecule has 2 heterocycles. The fourth-order valence-electron chi connectivity index (χ4n) is 2.92. The van der Waals surface area contributed by atoms with Crippen molar-refractivity contribution in [2.75, 3.05) is 0 Å². The second-order valence-corrected chi connectivity index (χ2v) is 5.22. The van der Waals surface area contributed by atoms with Gasteiger partial charge in [0.05, 0.1) is 5.92 Å². The van der Waals surface area contributed by atoms with E-state index in [9.17, 15) is 14.4 Å². The fourth-order valence-corrected chi connectivity index (χ4v) is 2.92. The van der Waals surface area contributed by atoms with E-state index in [4.69, 9.17) is 10.2 Å². The molecule has 2 bridgehead atoms. The van der Waals surface area contributed by atoms with Crippen LogP contribution in [-0.2, 0) is 14.4 Å². The number of hydrogen-bond donors (Lipinski definition) is 4. The highest BCUT2D eigenvalue weighted by molar-refractivity contribution is 5.86. The zero-order valence-corrected chi connectivity index (χ0v) is 10.5. The van der Waals surface area contributed by atoms with Crippen molar-refractivity contribution in [3.8, 4) is 0 Å². The Morgan fingerprint density at radius 3 is 2.47 bits per heavy atom. The third kappa shape index (κ3) is 3.23. The summed E-state index contributed by atoms with van der Waals surface area (Å²) in [6, 6.07) is -0.621. The van der Waals surface area contributed by atoms with Crippen molar-refractivity contribution in [2.24, 2.45) is 5.92 Å². The summed E-state index contributed by atoms with van der Waals surface area (Å²) in [6.45, 7) is 0. The van der Waals surface area contributed by atoms with E-state index in [-0.39, 0.29) is 30.7 Å². The quantitative estimate of drug-likeness (QED) is 0.520. The van der Waals surface area contributed by atoms with E-state index in [1.165, 1.54) is 0 Å². The summed E-state index contributed by atoms with van der Waals surface area (Å²) in [7, 11) is 0. The maximum Gasteiger partial charge on any atom is 0.326 e. The number of aliphatic carboxylic acids is 2. The summed E-state index contributed by atoms with van der Waals surface area (Å²) in [6.07, 6.45) is 2.38. The number of carbonyl (C=O) groups excluding carboxylic acids is 1. The molecule has 2 fully saturated rings. The number of amides is 1. The lowest BCUT2D eigenvalue weighted by atomic mass is 9.88. The number of nitrogens with one attached hydrogen (secondary N) is 2. The van der Waals surface area contributed by atoms with Gasteiger partial charge in [0.2, 0.25) is 5.91 Å². The van der Waals surface area contributed by atoms with Gasteiger partial charge < -0.3 is 20.8 Å². The van der Waals surface area contributed by atoms with Crippen LogP contribution in [0.1, 0.15) is 32.1 Å². The smallest absolute Gasteiger partial charge is 0.326 e. The Labute approximate surface area is 110 Å². The zero-order valence-electron chi connectivity index (χ0n) is 10.5. The van der Waals surface area contributed by atoms with Crippen LogP contribution < -0.4 is 10.6 Å². The summed E-state index contributed by atoms with van der Waals surface area (Å²) in [5.41, 5.74) is 0. The molecular weight excluding hydrogens is 252 g/mol. The van der Waals surface area contributed by atoms with Crippen LogP contribution in [0.5, 0.6) is 0 Å². The maximum absolute atomic E-state index is 12.0. The fraction of sp³-hybridized carbons (Fsp3) is 0.750. The van der Waals surface area contributed by atoms with Gasteiger partial charge in [-0.25, -0.2) is 4.79 Å². The molecule has 19 heavy (non-hydrogen) atoms. The molecule has 0 aromatic carbocycles. The van der Waals surface area contributed by atoms with E-state index < -0.39 is 18.0 Å². The minimum Gasteiger partial charge on any atom is -0.481 e. The Balaban J connectivity index is 1.88. The minimum absolute atomic E-state index is 0.0926. The van der Waals surface area contributed by atoms with E-state index in [2.05, 4.69) is 10.6 Å². The molecule has 0 saturated carbocycles. The van der Waals surface area contributed by atoms with Crippen LogP contribution >= 0.6 is 0 Å². The highest BCUT2D eigenvalue weighted by atomic mass is 16.4. The average Bonchev–Trinajstić information content (AvgIpc) is 2.95. The van der Waals surface area contributed by atoms with E-state index in [1.54, 1.807) is 0 Å². The monoisotopic (exact) mass is 270 g/mol. The van der Waals surface area contributed by atoms with Gasteiger partial charge >= 0.3 is 11.9 Å². The Hall–Kier alpha value is -1.63. The molecule has 0 spiro atoms. The second kappa shape index (κ2) is 5.56. The number of rotatable bonds is 6. The van der Waals surface area contributed by atoms with Gasteiger partial charge in [-0.3, -0.25) is 9.59 Å². The molecule has 0 aromatic rings.